The number of amides is 1. The zero-order valence-electron chi connectivity index (χ0n) is 14.0. The van der Waals surface area contributed by atoms with Gasteiger partial charge in [-0.2, -0.15) is 4.31 Å². The number of morpholine rings is 1. The summed E-state index contributed by atoms with van der Waals surface area (Å²) in [5.74, 6) is -0.195. The predicted octanol–water partition coefficient (Wildman–Crippen LogP) is 1.25. The highest BCUT2D eigenvalue weighted by atomic mass is 32.2. The third-order valence-electron chi connectivity index (χ3n) is 4.71. The number of hydrogen-bond acceptors (Lipinski definition) is 4. The van der Waals surface area contributed by atoms with E-state index in [2.05, 4.69) is 0 Å². The molecule has 2 heterocycles. The Morgan fingerprint density at radius 2 is 1.79 bits per heavy atom. The number of nitrogens with zero attached hydrogens (tertiary/aromatic N) is 2. The van der Waals surface area contributed by atoms with Crippen molar-refractivity contribution in [2.45, 2.75) is 24.7 Å². The van der Waals surface area contributed by atoms with Gasteiger partial charge >= 0.3 is 0 Å². The fraction of sp³-hybridized carbons (Fsp3) is 0.588. The van der Waals surface area contributed by atoms with Gasteiger partial charge in [0.1, 0.15) is 0 Å². The van der Waals surface area contributed by atoms with Gasteiger partial charge in [0.15, 0.2) is 0 Å². The third-order valence-corrected chi connectivity index (χ3v) is 6.59. The van der Waals surface area contributed by atoms with Gasteiger partial charge in [-0.25, -0.2) is 8.42 Å². The topological polar surface area (TPSA) is 66.9 Å². The van der Waals surface area contributed by atoms with Crippen LogP contribution in [0.25, 0.3) is 0 Å². The second-order valence-corrected chi connectivity index (χ2v) is 8.39. The predicted molar refractivity (Wildman–Crippen MR) is 90.1 cm³/mol. The fourth-order valence-electron chi connectivity index (χ4n) is 3.26. The molecule has 1 unspecified atom stereocenters. The molecule has 0 aliphatic carbocycles. The third kappa shape index (κ3) is 3.63. The highest BCUT2D eigenvalue weighted by Crippen LogP contribution is 2.25. The summed E-state index contributed by atoms with van der Waals surface area (Å²) in [6.07, 6.45) is 1.46. The van der Waals surface area contributed by atoms with E-state index < -0.39 is 10.0 Å². The Balaban J connectivity index is 1.72. The molecule has 0 saturated carbocycles. The molecule has 0 radical (unpaired) electrons. The van der Waals surface area contributed by atoms with Crippen LogP contribution in [-0.2, 0) is 19.6 Å². The van der Waals surface area contributed by atoms with Crippen molar-refractivity contribution in [2.24, 2.45) is 5.92 Å². The van der Waals surface area contributed by atoms with Crippen molar-refractivity contribution >= 4 is 15.9 Å². The zero-order valence-corrected chi connectivity index (χ0v) is 14.8. The Morgan fingerprint density at radius 1 is 1.12 bits per heavy atom. The number of aryl methyl sites for hydroxylation is 1. The second-order valence-electron chi connectivity index (χ2n) is 6.45. The molecule has 7 heteroatoms. The maximum Gasteiger partial charge on any atom is 0.243 e. The monoisotopic (exact) mass is 352 g/mol. The summed E-state index contributed by atoms with van der Waals surface area (Å²) in [6, 6.07) is 6.87. The molecule has 2 saturated heterocycles. The first-order chi connectivity index (χ1) is 11.5. The molecular weight excluding hydrogens is 328 g/mol. The summed E-state index contributed by atoms with van der Waals surface area (Å²) < 4.78 is 32.4. The highest BCUT2D eigenvalue weighted by Gasteiger charge is 2.35. The molecule has 0 spiro atoms. The number of carbonyl (C=O) groups is 1. The molecule has 1 aromatic carbocycles. The fourth-order valence-corrected chi connectivity index (χ4v) is 4.79. The lowest BCUT2D eigenvalue weighted by Gasteiger charge is -2.35. The van der Waals surface area contributed by atoms with Crippen LogP contribution in [0.5, 0.6) is 0 Å². The van der Waals surface area contributed by atoms with Crippen molar-refractivity contribution in [2.75, 3.05) is 39.4 Å². The Bertz CT molecular complexity index is 681. The Hall–Kier alpha value is -1.44. The van der Waals surface area contributed by atoms with Crippen LogP contribution in [0.2, 0.25) is 0 Å². The van der Waals surface area contributed by atoms with Gasteiger partial charge in [-0.15, -0.1) is 0 Å². The normalized spacial score (nSPS) is 23.2. The summed E-state index contributed by atoms with van der Waals surface area (Å²) in [7, 11) is -3.54. The van der Waals surface area contributed by atoms with Gasteiger partial charge in [-0.3, -0.25) is 4.79 Å². The lowest BCUT2D eigenvalue weighted by molar-refractivity contribution is -0.140. The van der Waals surface area contributed by atoms with Gasteiger partial charge in [0.05, 0.1) is 24.0 Å². The minimum absolute atomic E-state index is 0.0575. The minimum atomic E-state index is -3.54. The molecule has 6 nitrogen and oxygen atoms in total. The molecule has 2 fully saturated rings. The Kier molecular flexibility index (Phi) is 5.22. The quantitative estimate of drug-likeness (QED) is 0.821. The van der Waals surface area contributed by atoms with Crippen LogP contribution in [0.4, 0.5) is 0 Å². The van der Waals surface area contributed by atoms with Crippen LogP contribution in [0.15, 0.2) is 29.2 Å². The molecular formula is C17H24N2O4S. The first-order valence-electron chi connectivity index (χ1n) is 8.42. The van der Waals surface area contributed by atoms with Gasteiger partial charge in [0, 0.05) is 26.2 Å². The standard InChI is InChI=1S/C17H24N2O4S/c1-14-4-6-16(7-5-14)24(21,22)19-8-2-3-15(13-19)17(20)18-9-11-23-12-10-18/h4-7,15H,2-3,8-13H2,1H3. The number of sulfonamides is 1. The van der Waals surface area contributed by atoms with E-state index in [0.29, 0.717) is 44.2 Å². The van der Waals surface area contributed by atoms with Crippen LogP contribution in [0, 0.1) is 12.8 Å². The number of carbonyl (C=O) groups excluding carboxylic acids is 1. The van der Waals surface area contributed by atoms with E-state index in [1.54, 1.807) is 29.2 Å². The molecule has 0 bridgehead atoms. The van der Waals surface area contributed by atoms with Crippen LogP contribution >= 0.6 is 0 Å². The van der Waals surface area contributed by atoms with Crippen LogP contribution in [0.1, 0.15) is 18.4 Å². The minimum Gasteiger partial charge on any atom is -0.378 e. The maximum atomic E-state index is 12.8. The zero-order chi connectivity index (χ0) is 17.2. The van der Waals surface area contributed by atoms with E-state index in [0.717, 1.165) is 12.0 Å². The Labute approximate surface area is 143 Å². The molecule has 24 heavy (non-hydrogen) atoms. The average Bonchev–Trinajstić information content (AvgIpc) is 2.62. The maximum absolute atomic E-state index is 12.8. The second kappa shape index (κ2) is 7.21. The molecule has 2 aliphatic rings. The van der Waals surface area contributed by atoms with Crippen molar-refractivity contribution in [3.05, 3.63) is 29.8 Å². The van der Waals surface area contributed by atoms with Crippen LogP contribution < -0.4 is 0 Å². The van der Waals surface area contributed by atoms with Crippen molar-refractivity contribution < 1.29 is 17.9 Å². The summed E-state index contributed by atoms with van der Waals surface area (Å²) in [5, 5.41) is 0. The van der Waals surface area contributed by atoms with E-state index in [4.69, 9.17) is 4.74 Å². The number of benzene rings is 1. The van der Waals surface area contributed by atoms with Gasteiger partial charge in [0.25, 0.3) is 0 Å². The molecule has 132 valence electrons. The van der Waals surface area contributed by atoms with E-state index in [1.165, 1.54) is 4.31 Å². The lowest BCUT2D eigenvalue weighted by Crippen LogP contribution is -2.49. The van der Waals surface area contributed by atoms with Crippen molar-refractivity contribution in [3.8, 4) is 0 Å². The van der Waals surface area contributed by atoms with Crippen molar-refractivity contribution in [1.29, 1.82) is 0 Å². The van der Waals surface area contributed by atoms with Crippen molar-refractivity contribution in [1.82, 2.24) is 9.21 Å². The first-order valence-corrected chi connectivity index (χ1v) is 9.86. The largest absolute Gasteiger partial charge is 0.378 e. The average molecular weight is 352 g/mol. The SMILES string of the molecule is Cc1ccc(S(=O)(=O)N2CCCC(C(=O)N3CCOCC3)C2)cc1. The molecule has 0 N–H and O–H groups in total. The number of hydrogen-bond donors (Lipinski definition) is 0. The van der Waals surface area contributed by atoms with Gasteiger partial charge in [0.2, 0.25) is 15.9 Å². The Morgan fingerprint density at radius 3 is 2.46 bits per heavy atom. The highest BCUT2D eigenvalue weighted by molar-refractivity contribution is 7.89. The molecule has 1 atom stereocenters. The van der Waals surface area contributed by atoms with E-state index >= 15 is 0 Å². The van der Waals surface area contributed by atoms with E-state index in [-0.39, 0.29) is 18.4 Å². The van der Waals surface area contributed by atoms with Crippen LogP contribution in [-0.4, -0.2) is 62.9 Å². The molecule has 3 rings (SSSR count). The molecule has 1 aromatic rings. The van der Waals surface area contributed by atoms with Crippen LogP contribution in [0.3, 0.4) is 0 Å². The summed E-state index contributed by atoms with van der Waals surface area (Å²) in [4.78, 5) is 14.8. The molecule has 2 aliphatic heterocycles. The van der Waals surface area contributed by atoms with Gasteiger partial charge in [-0.05, 0) is 31.9 Å². The number of rotatable bonds is 3. The molecule has 0 aromatic heterocycles. The number of ether oxygens (including phenoxy) is 1. The smallest absolute Gasteiger partial charge is 0.243 e. The first kappa shape index (κ1) is 17.4. The van der Waals surface area contributed by atoms with Gasteiger partial charge in [-0.1, -0.05) is 17.7 Å². The van der Waals surface area contributed by atoms with E-state index in [1.807, 2.05) is 6.92 Å². The van der Waals surface area contributed by atoms with E-state index in [9.17, 15) is 13.2 Å². The lowest BCUT2D eigenvalue weighted by atomic mass is 9.98. The molecule has 1 amide bonds. The summed E-state index contributed by atoms with van der Waals surface area (Å²) in [5.41, 5.74) is 1.02. The van der Waals surface area contributed by atoms with Crippen molar-refractivity contribution in [3.63, 3.8) is 0 Å². The summed E-state index contributed by atoms with van der Waals surface area (Å²) in [6.45, 7) is 4.98. The van der Waals surface area contributed by atoms with Gasteiger partial charge < -0.3 is 9.64 Å². The number of piperidine rings is 1. The summed E-state index contributed by atoms with van der Waals surface area (Å²) >= 11 is 0.